The van der Waals surface area contributed by atoms with Gasteiger partial charge in [0, 0.05) is 22.1 Å². The van der Waals surface area contributed by atoms with Gasteiger partial charge in [-0.25, -0.2) is 9.97 Å². The summed E-state index contributed by atoms with van der Waals surface area (Å²) in [5, 5.41) is 0. The normalized spacial score (nSPS) is 12.9. The number of aromatic amines is 2. The second-order valence-electron chi connectivity index (χ2n) is 8.00. The fourth-order valence-electron chi connectivity index (χ4n) is 4.22. The SMILES string of the molecule is CCOC1=C(c2ccccc2)c2cc3ccc(cc4ccc(cc5nc(cc1n2)C=C5)[nH]4)[nH]3. The van der Waals surface area contributed by atoms with Crippen molar-refractivity contribution in [3.05, 3.63) is 107 Å². The molecule has 0 radical (unpaired) electrons. The van der Waals surface area contributed by atoms with Crippen LogP contribution in [-0.4, -0.2) is 26.5 Å². The van der Waals surface area contributed by atoms with Crippen LogP contribution >= 0.6 is 0 Å². The summed E-state index contributed by atoms with van der Waals surface area (Å²) >= 11 is 0. The number of hydrogen-bond acceptors (Lipinski definition) is 3. The van der Waals surface area contributed by atoms with Crippen LogP contribution in [0, 0.1) is 0 Å². The third-order valence-corrected chi connectivity index (χ3v) is 5.64. The molecule has 0 saturated carbocycles. The fraction of sp³-hybridized carbons (Fsp3) is 0.0714. The molecule has 6 rings (SSSR count). The molecule has 3 aromatic heterocycles. The summed E-state index contributed by atoms with van der Waals surface area (Å²) in [6, 6.07) is 26.7. The molecule has 0 amide bonds. The summed E-state index contributed by atoms with van der Waals surface area (Å²) in [5.74, 6) is 0.778. The predicted molar refractivity (Wildman–Crippen MR) is 134 cm³/mol. The van der Waals surface area contributed by atoms with Crippen LogP contribution in [-0.2, 0) is 4.74 Å². The Balaban J connectivity index is 1.69. The molecule has 0 spiro atoms. The zero-order valence-corrected chi connectivity index (χ0v) is 18.2. The third-order valence-electron chi connectivity index (χ3n) is 5.64. The maximum absolute atomic E-state index is 6.15. The van der Waals surface area contributed by atoms with Crippen molar-refractivity contribution in [3.63, 3.8) is 0 Å². The van der Waals surface area contributed by atoms with Crippen molar-refractivity contribution in [1.29, 1.82) is 0 Å². The van der Waals surface area contributed by atoms with Gasteiger partial charge in [0.05, 0.1) is 29.3 Å². The van der Waals surface area contributed by atoms with E-state index < -0.39 is 0 Å². The van der Waals surface area contributed by atoms with E-state index in [4.69, 9.17) is 14.7 Å². The summed E-state index contributed by atoms with van der Waals surface area (Å²) in [6.45, 7) is 2.55. The first-order valence-corrected chi connectivity index (χ1v) is 11.0. The van der Waals surface area contributed by atoms with Crippen LogP contribution in [0.3, 0.4) is 0 Å². The van der Waals surface area contributed by atoms with Crippen molar-refractivity contribution in [2.45, 2.75) is 6.92 Å². The largest absolute Gasteiger partial charge is 0.491 e. The summed E-state index contributed by atoms with van der Waals surface area (Å²) in [4.78, 5) is 16.7. The number of benzene rings is 1. The minimum atomic E-state index is 0.551. The Bertz CT molecular complexity index is 1570. The van der Waals surface area contributed by atoms with E-state index in [1.54, 1.807) is 0 Å². The molecule has 0 atom stereocenters. The molecule has 2 N–H and O–H groups in total. The second kappa shape index (κ2) is 7.95. The van der Waals surface area contributed by atoms with E-state index in [0.717, 1.165) is 61.7 Å². The van der Waals surface area contributed by atoms with Crippen LogP contribution in [0.4, 0.5) is 0 Å². The van der Waals surface area contributed by atoms with Crippen LogP contribution in [0.15, 0.2) is 78.9 Å². The minimum Gasteiger partial charge on any atom is -0.491 e. The van der Waals surface area contributed by atoms with Crippen molar-refractivity contribution >= 4 is 45.6 Å². The Morgan fingerprint density at radius 1 is 0.667 bits per heavy atom. The zero-order chi connectivity index (χ0) is 22.2. The van der Waals surface area contributed by atoms with Crippen LogP contribution in [0.25, 0.3) is 45.6 Å². The van der Waals surface area contributed by atoms with Crippen LogP contribution in [0.5, 0.6) is 0 Å². The van der Waals surface area contributed by atoms with Crippen LogP contribution in [0.1, 0.15) is 35.3 Å². The van der Waals surface area contributed by atoms with Gasteiger partial charge in [-0.3, -0.25) is 0 Å². The van der Waals surface area contributed by atoms with E-state index in [2.05, 4.69) is 58.5 Å². The molecular weight excluding hydrogens is 408 g/mol. The number of aromatic nitrogens is 4. The monoisotopic (exact) mass is 430 g/mol. The number of rotatable bonds is 3. The summed E-state index contributed by atoms with van der Waals surface area (Å²) in [5.41, 5.74) is 9.45. The van der Waals surface area contributed by atoms with Gasteiger partial charge < -0.3 is 14.7 Å². The van der Waals surface area contributed by atoms with Crippen molar-refractivity contribution in [1.82, 2.24) is 19.9 Å². The van der Waals surface area contributed by atoms with E-state index in [1.165, 1.54) is 0 Å². The van der Waals surface area contributed by atoms with Crippen LogP contribution in [0.2, 0.25) is 0 Å². The highest BCUT2D eigenvalue weighted by Gasteiger charge is 2.23. The lowest BCUT2D eigenvalue weighted by atomic mass is 10.0. The number of H-pyrrole nitrogens is 2. The fourth-order valence-corrected chi connectivity index (χ4v) is 4.22. The van der Waals surface area contributed by atoms with Gasteiger partial charge in [-0.1, -0.05) is 30.3 Å². The van der Waals surface area contributed by atoms with E-state index >= 15 is 0 Å². The molecule has 1 aromatic carbocycles. The lowest BCUT2D eigenvalue weighted by Gasteiger charge is -2.09. The van der Waals surface area contributed by atoms with Gasteiger partial charge in [-0.2, -0.15) is 0 Å². The smallest absolute Gasteiger partial charge is 0.154 e. The lowest BCUT2D eigenvalue weighted by molar-refractivity contribution is 0.299. The molecule has 5 nitrogen and oxygen atoms in total. The molecule has 5 heterocycles. The second-order valence-corrected chi connectivity index (χ2v) is 8.00. The summed E-state index contributed by atoms with van der Waals surface area (Å²) in [7, 11) is 0. The van der Waals surface area contributed by atoms with Crippen molar-refractivity contribution in [2.24, 2.45) is 0 Å². The van der Waals surface area contributed by atoms with Gasteiger partial charge in [-0.15, -0.1) is 0 Å². The molecule has 0 aliphatic carbocycles. The molecule has 160 valence electrons. The van der Waals surface area contributed by atoms with E-state index in [1.807, 2.05) is 49.4 Å². The first-order valence-electron chi connectivity index (χ1n) is 11.0. The minimum absolute atomic E-state index is 0.551. The maximum atomic E-state index is 6.15. The molecule has 0 unspecified atom stereocenters. The van der Waals surface area contributed by atoms with Gasteiger partial charge in [0.25, 0.3) is 0 Å². The number of nitrogens with zero attached hydrogens (tertiary/aromatic N) is 2. The highest BCUT2D eigenvalue weighted by atomic mass is 16.5. The lowest BCUT2D eigenvalue weighted by Crippen LogP contribution is -1.93. The molecular formula is C28H22N4O. The number of nitrogens with one attached hydrogen (secondary N) is 2. The predicted octanol–water partition coefficient (Wildman–Crippen LogP) is 6.44. The number of hydrogen-bond donors (Lipinski definition) is 2. The Morgan fingerprint density at radius 2 is 1.30 bits per heavy atom. The standard InChI is InChI=1S/C28H22N4O/c1-2-33-28-26-17-24-13-11-22(31-24)15-20-9-8-19(29-20)14-21-10-12-23(30-21)16-25(32-26)27(28)18-6-4-3-5-7-18/h3-17,29-30H,2H2,1H3. The Kier molecular flexibility index (Phi) is 4.65. The van der Waals surface area contributed by atoms with Gasteiger partial charge in [0.2, 0.25) is 0 Å². The Labute approximate surface area is 191 Å². The Hall–Kier alpha value is -4.38. The molecule has 5 heteroatoms. The molecule has 4 aromatic rings. The highest BCUT2D eigenvalue weighted by molar-refractivity contribution is 5.98. The molecule has 0 fully saturated rings. The van der Waals surface area contributed by atoms with Gasteiger partial charge in [0.1, 0.15) is 5.69 Å². The average molecular weight is 431 g/mol. The number of fused-ring (bicyclic) bond motifs is 8. The first kappa shape index (κ1) is 19.3. The molecule has 2 aliphatic heterocycles. The highest BCUT2D eigenvalue weighted by Crippen LogP contribution is 2.36. The van der Waals surface area contributed by atoms with E-state index in [-0.39, 0.29) is 0 Å². The van der Waals surface area contributed by atoms with Crippen LogP contribution < -0.4 is 0 Å². The topological polar surface area (TPSA) is 66.6 Å². The third kappa shape index (κ3) is 3.74. The van der Waals surface area contributed by atoms with Crippen molar-refractivity contribution in [3.8, 4) is 0 Å². The Morgan fingerprint density at radius 3 is 2.00 bits per heavy atom. The first-order chi connectivity index (χ1) is 16.2. The van der Waals surface area contributed by atoms with Crippen molar-refractivity contribution < 1.29 is 4.74 Å². The zero-order valence-electron chi connectivity index (χ0n) is 18.2. The summed E-state index contributed by atoms with van der Waals surface area (Å²) in [6.07, 6.45) is 4.02. The summed E-state index contributed by atoms with van der Waals surface area (Å²) < 4.78 is 6.15. The molecule has 2 aliphatic rings. The van der Waals surface area contributed by atoms with Crippen molar-refractivity contribution in [2.75, 3.05) is 6.61 Å². The molecule has 33 heavy (non-hydrogen) atoms. The quantitative estimate of drug-likeness (QED) is 0.346. The molecule has 8 bridgehead atoms. The van der Waals surface area contributed by atoms with Gasteiger partial charge >= 0.3 is 0 Å². The molecule has 0 saturated heterocycles. The van der Waals surface area contributed by atoms with E-state index in [9.17, 15) is 0 Å². The number of ether oxygens (including phenoxy) is 1. The maximum Gasteiger partial charge on any atom is 0.154 e. The van der Waals surface area contributed by atoms with Gasteiger partial charge in [-0.05, 0) is 73.2 Å². The van der Waals surface area contributed by atoms with E-state index in [0.29, 0.717) is 6.61 Å². The average Bonchev–Trinajstić information content (AvgIpc) is 3.60. The van der Waals surface area contributed by atoms with Gasteiger partial charge in [0.15, 0.2) is 5.76 Å².